The van der Waals surface area contributed by atoms with Crippen LogP contribution in [0.3, 0.4) is 0 Å². The van der Waals surface area contributed by atoms with Crippen LogP contribution in [0.5, 0.6) is 0 Å². The molecule has 2 N–H and O–H groups in total. The van der Waals surface area contributed by atoms with E-state index in [1.54, 1.807) is 7.05 Å². The van der Waals surface area contributed by atoms with E-state index in [2.05, 4.69) is 14.9 Å². The largest absolute Gasteiger partial charge is 0.480 e. The molecule has 0 bridgehead atoms. The van der Waals surface area contributed by atoms with Crippen LogP contribution < -0.4 is 5.32 Å². The Labute approximate surface area is 119 Å². The number of rotatable bonds is 5. The molecule has 5 heteroatoms. The van der Waals surface area contributed by atoms with E-state index in [1.165, 1.54) is 24.2 Å². The third kappa shape index (κ3) is 2.04. The number of aliphatic carboxylic acids is 1. The average molecular weight is 277 g/mol. The van der Waals surface area contributed by atoms with Crippen LogP contribution in [0, 0.1) is 12.8 Å². The topological polar surface area (TPSA) is 67.2 Å². The summed E-state index contributed by atoms with van der Waals surface area (Å²) in [5.74, 6) is 0.463. The number of hydrogen-bond acceptors (Lipinski definition) is 3. The van der Waals surface area contributed by atoms with Gasteiger partial charge in [-0.2, -0.15) is 0 Å². The first-order chi connectivity index (χ1) is 9.58. The second kappa shape index (κ2) is 4.88. The van der Waals surface area contributed by atoms with Gasteiger partial charge in [0.05, 0.1) is 12.2 Å². The van der Waals surface area contributed by atoms with E-state index in [0.717, 1.165) is 31.5 Å². The van der Waals surface area contributed by atoms with Crippen molar-refractivity contribution in [2.75, 3.05) is 7.05 Å². The predicted molar refractivity (Wildman–Crippen MR) is 75.8 cm³/mol. The van der Waals surface area contributed by atoms with Crippen LogP contribution in [0.2, 0.25) is 0 Å². The molecule has 1 unspecified atom stereocenters. The van der Waals surface area contributed by atoms with Crippen molar-refractivity contribution in [2.45, 2.75) is 57.5 Å². The standard InChI is InChI=1S/C15H23N3O2/c1-10-17-12-5-3-4-6-13(12)18(10)9-15(16-2,14(19)20)11-7-8-11/h11,16H,3-9H2,1-2H3,(H,19,20). The van der Waals surface area contributed by atoms with Crippen molar-refractivity contribution in [3.63, 3.8) is 0 Å². The van der Waals surface area contributed by atoms with Gasteiger partial charge in [-0.1, -0.05) is 0 Å². The van der Waals surface area contributed by atoms with Gasteiger partial charge in [-0.25, -0.2) is 4.98 Å². The molecule has 2 aliphatic rings. The Balaban J connectivity index is 1.97. The van der Waals surface area contributed by atoms with Crippen LogP contribution >= 0.6 is 0 Å². The van der Waals surface area contributed by atoms with Gasteiger partial charge in [-0.05, 0) is 58.4 Å². The molecule has 0 amide bonds. The van der Waals surface area contributed by atoms with Gasteiger partial charge in [0.2, 0.25) is 0 Å². The number of imidazole rings is 1. The van der Waals surface area contributed by atoms with Crippen LogP contribution in [-0.2, 0) is 24.2 Å². The number of nitrogens with zero attached hydrogens (tertiary/aromatic N) is 2. The fraction of sp³-hybridized carbons (Fsp3) is 0.733. The zero-order valence-corrected chi connectivity index (χ0v) is 12.3. The molecule has 1 heterocycles. The summed E-state index contributed by atoms with van der Waals surface area (Å²) in [6.45, 7) is 2.49. The zero-order chi connectivity index (χ0) is 14.3. The second-order valence-electron chi connectivity index (χ2n) is 6.15. The van der Waals surface area contributed by atoms with E-state index < -0.39 is 11.5 Å². The Morgan fingerprint density at radius 1 is 1.45 bits per heavy atom. The van der Waals surface area contributed by atoms with Gasteiger partial charge in [-0.15, -0.1) is 0 Å². The van der Waals surface area contributed by atoms with Crippen molar-refractivity contribution >= 4 is 5.97 Å². The van der Waals surface area contributed by atoms with E-state index in [4.69, 9.17) is 0 Å². The first-order valence-corrected chi connectivity index (χ1v) is 7.55. The minimum absolute atomic E-state index is 0.242. The number of carboxylic acids is 1. The van der Waals surface area contributed by atoms with Crippen molar-refractivity contribution < 1.29 is 9.90 Å². The summed E-state index contributed by atoms with van der Waals surface area (Å²) in [6, 6.07) is 0. The van der Waals surface area contributed by atoms with Crippen molar-refractivity contribution in [1.29, 1.82) is 0 Å². The SMILES string of the molecule is CNC(Cn1c(C)nc2c1CCCC2)(C(=O)O)C1CC1. The number of likely N-dealkylation sites (N-methyl/N-ethyl adjacent to an activating group) is 1. The lowest BCUT2D eigenvalue weighted by Gasteiger charge is -2.31. The summed E-state index contributed by atoms with van der Waals surface area (Å²) >= 11 is 0. The summed E-state index contributed by atoms with van der Waals surface area (Å²) in [5.41, 5.74) is 1.60. The van der Waals surface area contributed by atoms with Gasteiger partial charge in [0.1, 0.15) is 11.4 Å². The molecule has 2 aliphatic carbocycles. The molecule has 0 saturated heterocycles. The number of carboxylic acid groups (broad SMARTS) is 1. The van der Waals surface area contributed by atoms with Crippen molar-refractivity contribution in [3.05, 3.63) is 17.2 Å². The smallest absolute Gasteiger partial charge is 0.326 e. The number of fused-ring (bicyclic) bond motifs is 1. The van der Waals surface area contributed by atoms with E-state index in [0.29, 0.717) is 6.54 Å². The maximum absolute atomic E-state index is 11.8. The van der Waals surface area contributed by atoms with Gasteiger partial charge in [0, 0.05) is 5.69 Å². The highest BCUT2D eigenvalue weighted by molar-refractivity contribution is 5.79. The molecule has 3 rings (SSSR count). The number of aromatic nitrogens is 2. The van der Waals surface area contributed by atoms with E-state index in [-0.39, 0.29) is 5.92 Å². The van der Waals surface area contributed by atoms with Crippen LogP contribution in [0.1, 0.15) is 42.9 Å². The second-order valence-corrected chi connectivity index (χ2v) is 6.15. The molecule has 20 heavy (non-hydrogen) atoms. The number of aryl methyl sites for hydroxylation is 2. The highest BCUT2D eigenvalue weighted by atomic mass is 16.4. The third-order valence-corrected chi connectivity index (χ3v) is 4.93. The Kier molecular flexibility index (Phi) is 3.32. The minimum atomic E-state index is -0.837. The van der Waals surface area contributed by atoms with E-state index in [9.17, 15) is 9.90 Å². The Bertz CT molecular complexity index is 533. The number of hydrogen-bond donors (Lipinski definition) is 2. The molecule has 1 atom stereocenters. The summed E-state index contributed by atoms with van der Waals surface area (Å²) in [6.07, 6.45) is 6.45. The molecule has 1 fully saturated rings. The molecule has 1 aromatic rings. The fourth-order valence-corrected chi connectivity index (χ4v) is 3.53. The maximum Gasteiger partial charge on any atom is 0.326 e. The summed E-state index contributed by atoms with van der Waals surface area (Å²) in [7, 11) is 1.77. The van der Waals surface area contributed by atoms with E-state index >= 15 is 0 Å². The van der Waals surface area contributed by atoms with Gasteiger partial charge in [-0.3, -0.25) is 4.79 Å². The van der Waals surface area contributed by atoms with Crippen molar-refractivity contribution in [3.8, 4) is 0 Å². The molecule has 0 aliphatic heterocycles. The lowest BCUT2D eigenvalue weighted by Crippen LogP contribution is -2.55. The molecule has 1 saturated carbocycles. The normalized spacial score (nSPS) is 21.3. The minimum Gasteiger partial charge on any atom is -0.480 e. The first-order valence-electron chi connectivity index (χ1n) is 7.55. The quantitative estimate of drug-likeness (QED) is 0.856. The Morgan fingerprint density at radius 3 is 2.75 bits per heavy atom. The molecule has 0 spiro atoms. The lowest BCUT2D eigenvalue weighted by atomic mass is 9.92. The number of carbonyl (C=O) groups is 1. The average Bonchev–Trinajstić information content (AvgIpc) is 3.22. The van der Waals surface area contributed by atoms with Gasteiger partial charge in [0.15, 0.2) is 0 Å². The third-order valence-electron chi connectivity index (χ3n) is 4.93. The monoisotopic (exact) mass is 277 g/mol. The fourth-order valence-electron chi connectivity index (χ4n) is 3.53. The van der Waals surface area contributed by atoms with Gasteiger partial charge < -0.3 is 15.0 Å². The molecule has 0 radical (unpaired) electrons. The highest BCUT2D eigenvalue weighted by Crippen LogP contribution is 2.41. The predicted octanol–water partition coefficient (Wildman–Crippen LogP) is 1.52. The summed E-state index contributed by atoms with van der Waals surface area (Å²) in [4.78, 5) is 16.5. The maximum atomic E-state index is 11.8. The van der Waals surface area contributed by atoms with Crippen LogP contribution in [0.4, 0.5) is 0 Å². The van der Waals surface area contributed by atoms with Crippen LogP contribution in [-0.4, -0.2) is 33.2 Å². The Hall–Kier alpha value is -1.36. The molecule has 110 valence electrons. The zero-order valence-electron chi connectivity index (χ0n) is 12.3. The highest BCUT2D eigenvalue weighted by Gasteiger charge is 2.51. The lowest BCUT2D eigenvalue weighted by molar-refractivity contribution is -0.146. The van der Waals surface area contributed by atoms with Crippen LogP contribution in [0.15, 0.2) is 0 Å². The van der Waals surface area contributed by atoms with Gasteiger partial charge in [0.25, 0.3) is 0 Å². The van der Waals surface area contributed by atoms with Crippen LogP contribution in [0.25, 0.3) is 0 Å². The summed E-state index contributed by atoms with van der Waals surface area (Å²) < 4.78 is 2.15. The molecule has 0 aromatic carbocycles. The van der Waals surface area contributed by atoms with Crippen molar-refractivity contribution in [1.82, 2.24) is 14.9 Å². The Morgan fingerprint density at radius 2 is 2.15 bits per heavy atom. The van der Waals surface area contributed by atoms with Crippen molar-refractivity contribution in [2.24, 2.45) is 5.92 Å². The molecule has 1 aromatic heterocycles. The van der Waals surface area contributed by atoms with Gasteiger partial charge >= 0.3 is 5.97 Å². The number of nitrogens with one attached hydrogen (secondary N) is 1. The van der Waals surface area contributed by atoms with E-state index in [1.807, 2.05) is 6.92 Å². The molecular weight excluding hydrogens is 254 g/mol. The summed E-state index contributed by atoms with van der Waals surface area (Å²) in [5, 5.41) is 12.8. The molecule has 5 nitrogen and oxygen atoms in total. The first kappa shape index (κ1) is 13.6. The molecular formula is C15H23N3O2.